The van der Waals surface area contributed by atoms with Gasteiger partial charge in [-0.25, -0.2) is 0 Å². The van der Waals surface area contributed by atoms with Crippen LogP contribution in [0.5, 0.6) is 0 Å². The van der Waals surface area contributed by atoms with E-state index in [-0.39, 0.29) is 0 Å². The number of hydrogen-bond acceptors (Lipinski definition) is 2. The minimum atomic E-state index is 0.766. The number of likely N-dealkylation sites (tertiary alicyclic amines) is 1. The van der Waals surface area contributed by atoms with E-state index in [1.807, 2.05) is 0 Å². The van der Waals surface area contributed by atoms with E-state index in [2.05, 4.69) is 51.3 Å². The van der Waals surface area contributed by atoms with Crippen molar-refractivity contribution in [2.45, 2.75) is 32.4 Å². The molecular weight excluding hydrogens is 288 g/mol. The average Bonchev–Trinajstić information content (AvgIpc) is 2.83. The molecule has 2 fully saturated rings. The minimum Gasteiger partial charge on any atom is -0.315 e. The number of halogens is 1. The van der Waals surface area contributed by atoms with Gasteiger partial charge in [-0.15, -0.1) is 0 Å². The molecule has 0 spiro atoms. The van der Waals surface area contributed by atoms with Crippen LogP contribution >= 0.6 is 15.9 Å². The Morgan fingerprint density at radius 2 is 2.28 bits per heavy atom. The maximum absolute atomic E-state index is 3.58. The normalized spacial score (nSPS) is 28.3. The number of rotatable bonds is 2. The van der Waals surface area contributed by atoms with Crippen molar-refractivity contribution in [1.82, 2.24) is 10.2 Å². The number of hydrogen-bond donors (Lipinski definition) is 1. The van der Waals surface area contributed by atoms with Gasteiger partial charge < -0.3 is 5.32 Å². The number of piperidine rings is 1. The second kappa shape index (κ2) is 5.32. The molecule has 1 aromatic carbocycles. The molecule has 0 aromatic heterocycles. The zero-order chi connectivity index (χ0) is 12.5. The van der Waals surface area contributed by atoms with Gasteiger partial charge >= 0.3 is 0 Å². The Morgan fingerprint density at radius 1 is 1.39 bits per heavy atom. The molecule has 2 nitrogen and oxygen atoms in total. The monoisotopic (exact) mass is 308 g/mol. The third-order valence-corrected chi connectivity index (χ3v) is 5.29. The van der Waals surface area contributed by atoms with Crippen LogP contribution in [-0.2, 0) is 6.54 Å². The molecule has 1 N–H and O–H groups in total. The van der Waals surface area contributed by atoms with Gasteiger partial charge in [0.25, 0.3) is 0 Å². The predicted octanol–water partition coefficient (Wildman–Crippen LogP) is 2.94. The summed E-state index contributed by atoms with van der Waals surface area (Å²) in [5.41, 5.74) is 2.79. The van der Waals surface area contributed by atoms with Gasteiger partial charge in [0.1, 0.15) is 0 Å². The van der Waals surface area contributed by atoms with Crippen molar-refractivity contribution in [3.63, 3.8) is 0 Å². The van der Waals surface area contributed by atoms with E-state index in [1.165, 1.54) is 48.1 Å². The molecule has 2 heterocycles. The lowest BCUT2D eigenvalue weighted by Gasteiger charge is -2.37. The number of fused-ring (bicyclic) bond motifs is 1. The van der Waals surface area contributed by atoms with Crippen molar-refractivity contribution < 1.29 is 0 Å². The zero-order valence-electron chi connectivity index (χ0n) is 11.0. The first-order valence-electron chi connectivity index (χ1n) is 6.94. The molecule has 2 atom stereocenters. The highest BCUT2D eigenvalue weighted by Gasteiger charge is 2.34. The van der Waals surface area contributed by atoms with Crippen molar-refractivity contribution in [2.75, 3.05) is 19.6 Å². The van der Waals surface area contributed by atoms with Crippen LogP contribution in [-0.4, -0.2) is 30.6 Å². The van der Waals surface area contributed by atoms with Gasteiger partial charge in [0.2, 0.25) is 0 Å². The number of benzene rings is 1. The van der Waals surface area contributed by atoms with Crippen LogP contribution in [0.1, 0.15) is 24.0 Å². The lowest BCUT2D eigenvalue weighted by molar-refractivity contribution is 0.117. The highest BCUT2D eigenvalue weighted by atomic mass is 79.9. The van der Waals surface area contributed by atoms with E-state index in [0.29, 0.717) is 0 Å². The summed E-state index contributed by atoms with van der Waals surface area (Å²) in [5, 5.41) is 3.55. The van der Waals surface area contributed by atoms with Gasteiger partial charge in [-0.05, 0) is 56.0 Å². The van der Waals surface area contributed by atoms with E-state index < -0.39 is 0 Å². The fourth-order valence-electron chi connectivity index (χ4n) is 3.40. The zero-order valence-corrected chi connectivity index (χ0v) is 12.5. The van der Waals surface area contributed by atoms with Crippen LogP contribution in [0.25, 0.3) is 0 Å². The van der Waals surface area contributed by atoms with Gasteiger partial charge in [0.05, 0.1) is 0 Å². The average molecular weight is 309 g/mol. The number of aryl methyl sites for hydroxylation is 1. The molecule has 2 aliphatic rings. The fraction of sp³-hybridized carbons (Fsp3) is 0.600. The third-order valence-electron chi connectivity index (χ3n) is 4.40. The largest absolute Gasteiger partial charge is 0.315 e. The van der Waals surface area contributed by atoms with Crippen molar-refractivity contribution in [2.24, 2.45) is 5.92 Å². The summed E-state index contributed by atoms with van der Waals surface area (Å²) >= 11 is 3.58. The smallest absolute Gasteiger partial charge is 0.0264 e. The van der Waals surface area contributed by atoms with Crippen molar-refractivity contribution in [3.8, 4) is 0 Å². The van der Waals surface area contributed by atoms with Gasteiger partial charge in [0, 0.05) is 23.6 Å². The maximum atomic E-state index is 3.58. The Bertz CT molecular complexity index is 433. The minimum absolute atomic E-state index is 0.766. The first kappa shape index (κ1) is 12.6. The molecule has 0 radical (unpaired) electrons. The third kappa shape index (κ3) is 2.49. The SMILES string of the molecule is Cc1cc(CN2CCCC3CNCC32)ccc1Br. The Kier molecular flexibility index (Phi) is 3.73. The van der Waals surface area contributed by atoms with Gasteiger partial charge in [-0.3, -0.25) is 4.90 Å². The van der Waals surface area contributed by atoms with Gasteiger partial charge in [-0.1, -0.05) is 28.1 Å². The van der Waals surface area contributed by atoms with Crippen LogP contribution < -0.4 is 5.32 Å². The summed E-state index contributed by atoms with van der Waals surface area (Å²) < 4.78 is 1.21. The molecule has 18 heavy (non-hydrogen) atoms. The molecule has 1 aromatic rings. The fourth-order valence-corrected chi connectivity index (χ4v) is 3.65. The molecule has 0 amide bonds. The van der Waals surface area contributed by atoms with E-state index in [4.69, 9.17) is 0 Å². The van der Waals surface area contributed by atoms with Crippen molar-refractivity contribution in [1.29, 1.82) is 0 Å². The molecule has 2 aliphatic heterocycles. The number of nitrogens with one attached hydrogen (secondary N) is 1. The first-order chi connectivity index (χ1) is 8.74. The van der Waals surface area contributed by atoms with Crippen LogP contribution in [0.15, 0.2) is 22.7 Å². The molecule has 3 heteroatoms. The van der Waals surface area contributed by atoms with Crippen LogP contribution in [0.2, 0.25) is 0 Å². The molecule has 0 bridgehead atoms. The summed E-state index contributed by atoms with van der Waals surface area (Å²) in [6.07, 6.45) is 2.77. The highest BCUT2D eigenvalue weighted by Crippen LogP contribution is 2.28. The molecule has 98 valence electrons. The first-order valence-corrected chi connectivity index (χ1v) is 7.73. The lowest BCUT2D eigenvalue weighted by Crippen LogP contribution is -2.44. The Balaban J connectivity index is 1.73. The molecule has 0 saturated carbocycles. The van der Waals surface area contributed by atoms with Gasteiger partial charge in [0.15, 0.2) is 0 Å². The predicted molar refractivity (Wildman–Crippen MR) is 78.7 cm³/mol. The summed E-state index contributed by atoms with van der Waals surface area (Å²) in [4.78, 5) is 2.68. The summed E-state index contributed by atoms with van der Waals surface area (Å²) in [6, 6.07) is 7.51. The van der Waals surface area contributed by atoms with E-state index in [9.17, 15) is 0 Å². The summed E-state index contributed by atoms with van der Waals surface area (Å²) in [6.45, 7) is 6.94. The second-order valence-electron chi connectivity index (χ2n) is 5.68. The van der Waals surface area contributed by atoms with Gasteiger partial charge in [-0.2, -0.15) is 0 Å². The molecule has 3 rings (SSSR count). The number of nitrogens with zero attached hydrogens (tertiary/aromatic N) is 1. The standard InChI is InChI=1S/C15H21BrN2/c1-11-7-12(4-5-14(11)16)10-18-6-2-3-13-8-17-9-15(13)18/h4-5,7,13,15,17H,2-3,6,8-10H2,1H3. The molecule has 2 unspecified atom stereocenters. The second-order valence-corrected chi connectivity index (χ2v) is 6.54. The van der Waals surface area contributed by atoms with Crippen LogP contribution in [0.3, 0.4) is 0 Å². The van der Waals surface area contributed by atoms with Crippen LogP contribution in [0, 0.1) is 12.8 Å². The lowest BCUT2D eigenvalue weighted by atomic mass is 9.91. The summed E-state index contributed by atoms with van der Waals surface area (Å²) in [5.74, 6) is 0.885. The van der Waals surface area contributed by atoms with Crippen LogP contribution in [0.4, 0.5) is 0 Å². The van der Waals surface area contributed by atoms with E-state index >= 15 is 0 Å². The molecular formula is C15H21BrN2. The Morgan fingerprint density at radius 3 is 3.11 bits per heavy atom. The van der Waals surface area contributed by atoms with E-state index in [1.54, 1.807) is 0 Å². The maximum Gasteiger partial charge on any atom is 0.0264 e. The summed E-state index contributed by atoms with van der Waals surface area (Å²) in [7, 11) is 0. The molecule has 0 aliphatic carbocycles. The Labute approximate surface area is 118 Å². The highest BCUT2D eigenvalue weighted by molar-refractivity contribution is 9.10. The topological polar surface area (TPSA) is 15.3 Å². The van der Waals surface area contributed by atoms with Crippen molar-refractivity contribution >= 4 is 15.9 Å². The molecule has 2 saturated heterocycles. The van der Waals surface area contributed by atoms with Crippen molar-refractivity contribution in [3.05, 3.63) is 33.8 Å². The Hall–Kier alpha value is -0.380. The quantitative estimate of drug-likeness (QED) is 0.903. The van der Waals surface area contributed by atoms with E-state index in [0.717, 1.165) is 18.5 Å².